The summed E-state index contributed by atoms with van der Waals surface area (Å²) in [5, 5.41) is 10.8. The number of fused-ring (bicyclic) bond motifs is 1. The molecule has 0 aliphatic heterocycles. The summed E-state index contributed by atoms with van der Waals surface area (Å²) in [5.74, 6) is -0.0697. The molecule has 0 saturated heterocycles. The summed E-state index contributed by atoms with van der Waals surface area (Å²) in [6.45, 7) is 0. The lowest BCUT2D eigenvalue weighted by Gasteiger charge is -2.11. The zero-order valence-corrected chi connectivity index (χ0v) is 12.8. The zero-order valence-electron chi connectivity index (χ0n) is 12.8. The maximum Gasteiger partial charge on any atom is 0.339 e. The largest absolute Gasteiger partial charge is 0.507 e. The molecule has 1 heterocycles. The van der Waals surface area contributed by atoms with Crippen LogP contribution < -0.4 is 5.63 Å². The van der Waals surface area contributed by atoms with E-state index in [0.717, 1.165) is 28.3 Å². The first-order chi connectivity index (χ1) is 11.7. The van der Waals surface area contributed by atoms with Gasteiger partial charge in [-0.25, -0.2) is 4.79 Å². The number of hydrogen-bond donors (Lipinski definition) is 1. The average molecular weight is 314 g/mol. The fourth-order valence-electron chi connectivity index (χ4n) is 2.92. The van der Waals surface area contributed by atoms with Gasteiger partial charge in [0.1, 0.15) is 11.3 Å². The molecule has 4 aromatic rings. The van der Waals surface area contributed by atoms with E-state index in [1.807, 2.05) is 66.7 Å². The number of hydrogen-bond acceptors (Lipinski definition) is 3. The third kappa shape index (κ3) is 2.46. The van der Waals surface area contributed by atoms with Gasteiger partial charge in [0.2, 0.25) is 0 Å². The molecule has 4 rings (SSSR count). The first-order valence-electron chi connectivity index (χ1n) is 7.64. The minimum atomic E-state index is -0.566. The normalized spacial score (nSPS) is 10.8. The lowest BCUT2D eigenvalue weighted by atomic mass is 9.95. The number of benzene rings is 3. The second-order valence-corrected chi connectivity index (χ2v) is 5.58. The van der Waals surface area contributed by atoms with Crippen LogP contribution in [0.1, 0.15) is 0 Å². The van der Waals surface area contributed by atoms with Crippen molar-refractivity contribution in [1.82, 2.24) is 0 Å². The first kappa shape index (κ1) is 14.3. The first-order valence-corrected chi connectivity index (χ1v) is 7.64. The van der Waals surface area contributed by atoms with E-state index in [1.165, 1.54) is 0 Å². The highest BCUT2D eigenvalue weighted by atomic mass is 16.4. The zero-order chi connectivity index (χ0) is 16.5. The highest BCUT2D eigenvalue weighted by molar-refractivity contribution is 6.00. The van der Waals surface area contributed by atoms with Crippen LogP contribution in [0.3, 0.4) is 0 Å². The standard InChI is InChI=1S/C21H14O3/c22-18-13-20(23)24-19-12-16(14-7-3-1-4-8-14)11-17(21(18)19)15-9-5-2-6-10-15/h1-13,22H. The Balaban J connectivity index is 2.10. The molecule has 0 atom stereocenters. The molecule has 1 N–H and O–H groups in total. The summed E-state index contributed by atoms with van der Waals surface area (Å²) < 4.78 is 5.35. The van der Waals surface area contributed by atoms with Gasteiger partial charge in [-0.3, -0.25) is 0 Å². The van der Waals surface area contributed by atoms with Crippen molar-refractivity contribution in [1.29, 1.82) is 0 Å². The van der Waals surface area contributed by atoms with Crippen molar-refractivity contribution in [3.05, 3.63) is 89.3 Å². The monoisotopic (exact) mass is 314 g/mol. The second-order valence-electron chi connectivity index (χ2n) is 5.58. The van der Waals surface area contributed by atoms with Crippen molar-refractivity contribution in [3.63, 3.8) is 0 Å². The Bertz CT molecular complexity index is 1060. The number of rotatable bonds is 2. The predicted octanol–water partition coefficient (Wildman–Crippen LogP) is 4.83. The van der Waals surface area contributed by atoms with Crippen LogP contribution in [0.25, 0.3) is 33.2 Å². The van der Waals surface area contributed by atoms with E-state index in [2.05, 4.69) is 0 Å². The van der Waals surface area contributed by atoms with Crippen LogP contribution in [-0.4, -0.2) is 5.11 Å². The van der Waals surface area contributed by atoms with Crippen LogP contribution in [0, 0.1) is 0 Å². The lowest BCUT2D eigenvalue weighted by Crippen LogP contribution is -1.97. The van der Waals surface area contributed by atoms with Gasteiger partial charge in [-0.2, -0.15) is 0 Å². The van der Waals surface area contributed by atoms with Gasteiger partial charge >= 0.3 is 5.63 Å². The third-order valence-electron chi connectivity index (χ3n) is 4.02. The van der Waals surface area contributed by atoms with Gasteiger partial charge in [-0.15, -0.1) is 0 Å². The van der Waals surface area contributed by atoms with Crippen LogP contribution in [-0.2, 0) is 0 Å². The van der Waals surface area contributed by atoms with E-state index in [1.54, 1.807) is 6.07 Å². The van der Waals surface area contributed by atoms with Gasteiger partial charge in [-0.1, -0.05) is 60.7 Å². The number of aromatic hydroxyl groups is 1. The van der Waals surface area contributed by atoms with Crippen LogP contribution in [0.4, 0.5) is 0 Å². The Morgan fingerprint density at radius 1 is 0.708 bits per heavy atom. The van der Waals surface area contributed by atoms with Crippen molar-refractivity contribution in [2.45, 2.75) is 0 Å². The average Bonchev–Trinajstić information content (AvgIpc) is 2.62. The highest BCUT2D eigenvalue weighted by Gasteiger charge is 2.14. The molecule has 3 nitrogen and oxygen atoms in total. The summed E-state index contributed by atoms with van der Waals surface area (Å²) in [7, 11) is 0. The minimum Gasteiger partial charge on any atom is -0.507 e. The predicted molar refractivity (Wildman–Crippen MR) is 95.0 cm³/mol. The molecule has 116 valence electrons. The van der Waals surface area contributed by atoms with E-state index >= 15 is 0 Å². The van der Waals surface area contributed by atoms with E-state index in [9.17, 15) is 9.90 Å². The van der Waals surface area contributed by atoms with E-state index in [-0.39, 0.29) is 5.75 Å². The van der Waals surface area contributed by atoms with Crippen LogP contribution in [0.15, 0.2) is 88.1 Å². The molecule has 3 heteroatoms. The maximum atomic E-state index is 11.7. The van der Waals surface area contributed by atoms with Crippen molar-refractivity contribution >= 4 is 11.0 Å². The van der Waals surface area contributed by atoms with Crippen LogP contribution in [0.5, 0.6) is 5.75 Å². The molecule has 0 unspecified atom stereocenters. The third-order valence-corrected chi connectivity index (χ3v) is 4.02. The molecule has 0 fully saturated rings. The van der Waals surface area contributed by atoms with Crippen molar-refractivity contribution in [2.24, 2.45) is 0 Å². The summed E-state index contributed by atoms with van der Waals surface area (Å²) in [4.78, 5) is 11.7. The Morgan fingerprint density at radius 2 is 1.33 bits per heavy atom. The molecule has 0 radical (unpaired) electrons. The van der Waals surface area contributed by atoms with Gasteiger partial charge in [0.25, 0.3) is 0 Å². The molecular formula is C21H14O3. The van der Waals surface area contributed by atoms with Crippen molar-refractivity contribution < 1.29 is 9.52 Å². The molecular weight excluding hydrogens is 300 g/mol. The van der Waals surface area contributed by atoms with Gasteiger partial charge in [0, 0.05) is 0 Å². The lowest BCUT2D eigenvalue weighted by molar-refractivity contribution is 0.468. The van der Waals surface area contributed by atoms with Gasteiger partial charge in [0.15, 0.2) is 0 Å². The fraction of sp³-hybridized carbons (Fsp3) is 0. The van der Waals surface area contributed by atoms with Crippen molar-refractivity contribution in [3.8, 4) is 28.0 Å². The Kier molecular flexibility index (Phi) is 3.39. The van der Waals surface area contributed by atoms with Gasteiger partial charge < -0.3 is 9.52 Å². The smallest absolute Gasteiger partial charge is 0.339 e. The molecule has 0 saturated carbocycles. The van der Waals surface area contributed by atoms with Crippen LogP contribution in [0.2, 0.25) is 0 Å². The van der Waals surface area contributed by atoms with E-state index in [0.29, 0.717) is 11.0 Å². The minimum absolute atomic E-state index is 0.0697. The van der Waals surface area contributed by atoms with Crippen LogP contribution >= 0.6 is 0 Å². The Hall–Kier alpha value is -3.33. The van der Waals surface area contributed by atoms with E-state index in [4.69, 9.17) is 4.42 Å². The summed E-state index contributed by atoms with van der Waals surface area (Å²) in [6, 6.07) is 24.5. The topological polar surface area (TPSA) is 50.4 Å². The maximum absolute atomic E-state index is 11.7. The summed E-state index contributed by atoms with van der Waals surface area (Å²) >= 11 is 0. The summed E-state index contributed by atoms with van der Waals surface area (Å²) in [5.41, 5.74) is 3.53. The van der Waals surface area contributed by atoms with E-state index < -0.39 is 5.63 Å². The molecule has 0 amide bonds. The van der Waals surface area contributed by atoms with Crippen molar-refractivity contribution in [2.75, 3.05) is 0 Å². The Morgan fingerprint density at radius 3 is 2.00 bits per heavy atom. The molecule has 0 bridgehead atoms. The Labute approximate surface area is 138 Å². The SMILES string of the molecule is O=c1cc(O)c2c(-c3ccccc3)cc(-c3ccccc3)cc2o1. The van der Waals surface area contributed by atoms with Gasteiger partial charge in [0.05, 0.1) is 11.5 Å². The molecule has 0 aliphatic rings. The summed E-state index contributed by atoms with van der Waals surface area (Å²) in [6.07, 6.45) is 0. The molecule has 0 aliphatic carbocycles. The quantitative estimate of drug-likeness (QED) is 0.539. The van der Waals surface area contributed by atoms with Gasteiger partial charge in [-0.05, 0) is 34.4 Å². The highest BCUT2D eigenvalue weighted by Crippen LogP contribution is 2.37. The molecule has 24 heavy (non-hydrogen) atoms. The fourth-order valence-corrected chi connectivity index (χ4v) is 2.92. The second kappa shape index (κ2) is 5.70. The molecule has 0 spiro atoms. The molecule has 3 aromatic carbocycles. The molecule has 1 aromatic heterocycles.